The second-order valence-electron chi connectivity index (χ2n) is 3.23. The lowest BCUT2D eigenvalue weighted by atomic mass is 10.1. The van der Waals surface area contributed by atoms with E-state index in [2.05, 4.69) is 9.72 Å². The summed E-state index contributed by atoms with van der Waals surface area (Å²) in [4.78, 5) is 14.9. The molecule has 1 aromatic rings. The molecule has 0 aliphatic carbocycles. The largest absolute Gasteiger partial charge is 0.464 e. The Balaban J connectivity index is 2.85. The Hall–Kier alpha value is -1.97. The van der Waals surface area contributed by atoms with Crippen LogP contribution in [0.25, 0.3) is 0 Å². The van der Waals surface area contributed by atoms with Gasteiger partial charge in [0.05, 0.1) is 6.61 Å². The highest BCUT2D eigenvalue weighted by Crippen LogP contribution is 2.17. The number of ether oxygens (including phenoxy) is 1. The highest BCUT2D eigenvalue weighted by molar-refractivity contribution is 5.75. The number of esters is 1. The van der Waals surface area contributed by atoms with Crippen molar-refractivity contribution in [3.8, 4) is 6.07 Å². The Labute approximate surface area is 98.1 Å². The third-order valence-electron chi connectivity index (χ3n) is 2.07. The molecule has 0 aromatic carbocycles. The Morgan fingerprint density at radius 1 is 1.65 bits per heavy atom. The van der Waals surface area contributed by atoms with E-state index in [1.807, 2.05) is 0 Å². The summed E-state index contributed by atoms with van der Waals surface area (Å²) in [6, 6.07) is 4.50. The van der Waals surface area contributed by atoms with Crippen LogP contribution in [-0.2, 0) is 9.53 Å². The maximum Gasteiger partial charge on any atom is 0.338 e. The number of aliphatic hydroxyl groups excluding tert-OH is 2. The van der Waals surface area contributed by atoms with E-state index in [1.165, 1.54) is 18.3 Å². The SMILES string of the molecule is CCOC(=O)C(O)C(O)c1ccnc(C#N)c1. The fourth-order valence-electron chi connectivity index (χ4n) is 1.23. The zero-order valence-corrected chi connectivity index (χ0v) is 9.20. The molecular formula is C11H12N2O4. The molecule has 1 heterocycles. The highest BCUT2D eigenvalue weighted by Gasteiger charge is 2.27. The molecule has 0 aliphatic heterocycles. The summed E-state index contributed by atoms with van der Waals surface area (Å²) in [5, 5.41) is 27.9. The van der Waals surface area contributed by atoms with Crippen molar-refractivity contribution in [3.05, 3.63) is 29.6 Å². The van der Waals surface area contributed by atoms with Crippen LogP contribution in [0, 0.1) is 11.3 Å². The van der Waals surface area contributed by atoms with Crippen LogP contribution in [0.1, 0.15) is 24.3 Å². The van der Waals surface area contributed by atoms with Crippen molar-refractivity contribution in [1.29, 1.82) is 5.26 Å². The molecule has 0 fully saturated rings. The zero-order valence-electron chi connectivity index (χ0n) is 9.20. The Morgan fingerprint density at radius 3 is 2.94 bits per heavy atom. The van der Waals surface area contributed by atoms with E-state index in [4.69, 9.17) is 5.26 Å². The summed E-state index contributed by atoms with van der Waals surface area (Å²) in [5.41, 5.74) is 0.328. The molecule has 17 heavy (non-hydrogen) atoms. The summed E-state index contributed by atoms with van der Waals surface area (Å²) in [6.45, 7) is 1.71. The lowest BCUT2D eigenvalue weighted by molar-refractivity contribution is -0.159. The van der Waals surface area contributed by atoms with E-state index in [-0.39, 0.29) is 17.9 Å². The van der Waals surface area contributed by atoms with Crippen molar-refractivity contribution < 1.29 is 19.7 Å². The number of carbonyl (C=O) groups is 1. The number of nitriles is 1. The monoisotopic (exact) mass is 236 g/mol. The minimum atomic E-state index is -1.68. The van der Waals surface area contributed by atoms with Crippen LogP contribution in [0.15, 0.2) is 18.3 Å². The average molecular weight is 236 g/mol. The molecule has 0 bridgehead atoms. The van der Waals surface area contributed by atoms with Crippen LogP contribution < -0.4 is 0 Å². The average Bonchev–Trinajstić information content (AvgIpc) is 2.37. The van der Waals surface area contributed by atoms with Gasteiger partial charge >= 0.3 is 5.97 Å². The third-order valence-corrected chi connectivity index (χ3v) is 2.07. The first kappa shape index (κ1) is 13.1. The molecule has 0 amide bonds. The van der Waals surface area contributed by atoms with Crippen molar-refractivity contribution in [2.75, 3.05) is 6.61 Å². The van der Waals surface area contributed by atoms with Gasteiger partial charge in [-0.25, -0.2) is 9.78 Å². The Bertz CT molecular complexity index is 441. The van der Waals surface area contributed by atoms with Crippen molar-refractivity contribution in [2.45, 2.75) is 19.1 Å². The number of hydrogen-bond acceptors (Lipinski definition) is 6. The maximum atomic E-state index is 11.2. The molecule has 2 unspecified atom stereocenters. The molecule has 1 aromatic heterocycles. The van der Waals surface area contributed by atoms with Crippen LogP contribution in [0.5, 0.6) is 0 Å². The van der Waals surface area contributed by atoms with Gasteiger partial charge in [0.1, 0.15) is 17.9 Å². The van der Waals surface area contributed by atoms with Crippen molar-refractivity contribution in [2.24, 2.45) is 0 Å². The summed E-state index contributed by atoms with van der Waals surface area (Å²) in [6.07, 6.45) is -1.80. The van der Waals surface area contributed by atoms with Gasteiger partial charge in [-0.3, -0.25) is 0 Å². The Kier molecular flexibility index (Phi) is 4.57. The third kappa shape index (κ3) is 3.24. The van der Waals surface area contributed by atoms with Crippen LogP contribution in [-0.4, -0.2) is 33.9 Å². The van der Waals surface area contributed by atoms with E-state index in [0.29, 0.717) is 0 Å². The summed E-state index contributed by atoms with van der Waals surface area (Å²) in [7, 11) is 0. The van der Waals surface area contributed by atoms with Crippen LogP contribution in [0.2, 0.25) is 0 Å². The summed E-state index contributed by atoms with van der Waals surface area (Å²) >= 11 is 0. The topological polar surface area (TPSA) is 103 Å². The molecule has 0 saturated carbocycles. The predicted molar refractivity (Wildman–Crippen MR) is 56.6 cm³/mol. The van der Waals surface area contributed by atoms with Crippen molar-refractivity contribution in [3.63, 3.8) is 0 Å². The van der Waals surface area contributed by atoms with Crippen molar-refractivity contribution >= 4 is 5.97 Å². The first-order valence-electron chi connectivity index (χ1n) is 4.99. The van der Waals surface area contributed by atoms with E-state index in [1.54, 1.807) is 13.0 Å². The molecule has 0 saturated heterocycles. The van der Waals surface area contributed by atoms with E-state index in [0.717, 1.165) is 0 Å². The molecule has 0 spiro atoms. The van der Waals surface area contributed by atoms with E-state index < -0.39 is 18.2 Å². The minimum Gasteiger partial charge on any atom is -0.464 e. The number of nitrogens with zero attached hydrogens (tertiary/aromatic N) is 2. The summed E-state index contributed by atoms with van der Waals surface area (Å²) < 4.78 is 4.57. The van der Waals surface area contributed by atoms with Gasteiger partial charge in [0, 0.05) is 6.20 Å². The van der Waals surface area contributed by atoms with E-state index >= 15 is 0 Å². The first-order chi connectivity index (χ1) is 8.10. The van der Waals surface area contributed by atoms with Crippen LogP contribution in [0.3, 0.4) is 0 Å². The first-order valence-corrected chi connectivity index (χ1v) is 4.99. The van der Waals surface area contributed by atoms with Crippen molar-refractivity contribution in [1.82, 2.24) is 4.98 Å². The minimum absolute atomic E-state index is 0.0950. The highest BCUT2D eigenvalue weighted by atomic mass is 16.5. The lowest BCUT2D eigenvalue weighted by Crippen LogP contribution is -2.29. The quantitative estimate of drug-likeness (QED) is 0.708. The van der Waals surface area contributed by atoms with Gasteiger partial charge in [-0.2, -0.15) is 5.26 Å². The summed E-state index contributed by atoms with van der Waals surface area (Å²) in [5.74, 6) is -0.907. The molecule has 90 valence electrons. The second-order valence-corrected chi connectivity index (χ2v) is 3.23. The number of hydrogen-bond donors (Lipinski definition) is 2. The molecule has 0 aliphatic rings. The Morgan fingerprint density at radius 2 is 2.35 bits per heavy atom. The van der Waals surface area contributed by atoms with Gasteiger partial charge in [0.2, 0.25) is 0 Å². The van der Waals surface area contributed by atoms with E-state index in [9.17, 15) is 15.0 Å². The van der Waals surface area contributed by atoms with Gasteiger partial charge < -0.3 is 14.9 Å². The van der Waals surface area contributed by atoms with Crippen LogP contribution in [0.4, 0.5) is 0 Å². The van der Waals surface area contributed by atoms with Gasteiger partial charge in [0.15, 0.2) is 6.10 Å². The molecule has 6 heteroatoms. The molecular weight excluding hydrogens is 224 g/mol. The predicted octanol–water partition coefficient (Wildman–Crippen LogP) is -0.0893. The van der Waals surface area contributed by atoms with Gasteiger partial charge in [0.25, 0.3) is 0 Å². The second kappa shape index (κ2) is 5.94. The number of aromatic nitrogens is 1. The number of pyridine rings is 1. The lowest BCUT2D eigenvalue weighted by Gasteiger charge is -2.16. The normalized spacial score (nSPS) is 13.5. The zero-order chi connectivity index (χ0) is 12.8. The molecule has 2 N–H and O–H groups in total. The maximum absolute atomic E-state index is 11.2. The molecule has 0 radical (unpaired) electrons. The standard InChI is InChI=1S/C11H12N2O4/c1-2-17-11(16)10(15)9(14)7-3-4-13-8(5-7)6-12/h3-5,9-10,14-15H,2H2,1H3. The number of aliphatic hydroxyl groups is 2. The van der Waals surface area contributed by atoms with Gasteiger partial charge in [-0.05, 0) is 24.6 Å². The van der Waals surface area contributed by atoms with Gasteiger partial charge in [-0.1, -0.05) is 0 Å². The fourth-order valence-corrected chi connectivity index (χ4v) is 1.23. The fraction of sp³-hybridized carbons (Fsp3) is 0.364. The smallest absolute Gasteiger partial charge is 0.338 e. The molecule has 2 atom stereocenters. The number of rotatable bonds is 4. The molecule has 6 nitrogen and oxygen atoms in total. The van der Waals surface area contributed by atoms with Gasteiger partial charge in [-0.15, -0.1) is 0 Å². The van der Waals surface area contributed by atoms with Crippen LogP contribution >= 0.6 is 0 Å². The molecule has 1 rings (SSSR count). The number of carbonyl (C=O) groups excluding carboxylic acids is 1.